The Labute approximate surface area is 97.9 Å². The van der Waals surface area contributed by atoms with E-state index in [9.17, 15) is 0 Å². The summed E-state index contributed by atoms with van der Waals surface area (Å²) in [7, 11) is 3.34. The summed E-state index contributed by atoms with van der Waals surface area (Å²) in [4.78, 5) is 4.66. The van der Waals surface area contributed by atoms with Crippen molar-refractivity contribution in [3.63, 3.8) is 0 Å². The van der Waals surface area contributed by atoms with E-state index in [1.165, 1.54) is 0 Å². The van der Waals surface area contributed by atoms with E-state index < -0.39 is 0 Å². The number of aliphatic hydroxyl groups excluding tert-OH is 1. The number of β-amino-alcohol motifs (C(OH)–C–C–N with tert-alkyl or cyclic N) is 1. The van der Waals surface area contributed by atoms with Crippen molar-refractivity contribution >= 4 is 0 Å². The predicted molar refractivity (Wildman–Crippen MR) is 62.4 cm³/mol. The second-order valence-electron chi connectivity index (χ2n) is 4.12. The molecule has 1 rings (SSSR count). The third kappa shape index (κ3) is 4.76. The van der Waals surface area contributed by atoms with Crippen LogP contribution in [0.5, 0.6) is 0 Å². The third-order valence-corrected chi connectivity index (χ3v) is 3.03. The van der Waals surface area contributed by atoms with Gasteiger partial charge in [-0.2, -0.15) is 0 Å². The van der Waals surface area contributed by atoms with Crippen LogP contribution in [0.4, 0.5) is 0 Å². The summed E-state index contributed by atoms with van der Waals surface area (Å²) in [5.74, 6) is 0. The summed E-state index contributed by atoms with van der Waals surface area (Å²) in [6, 6.07) is 0. The molecule has 0 radical (unpaired) electrons. The van der Waals surface area contributed by atoms with Crippen LogP contribution in [0.1, 0.15) is 6.42 Å². The van der Waals surface area contributed by atoms with Crippen LogP contribution in [0.25, 0.3) is 0 Å². The van der Waals surface area contributed by atoms with E-state index in [2.05, 4.69) is 9.80 Å². The fourth-order valence-corrected chi connectivity index (χ4v) is 2.03. The third-order valence-electron chi connectivity index (χ3n) is 3.03. The van der Waals surface area contributed by atoms with Gasteiger partial charge in [-0.25, -0.2) is 0 Å². The molecule has 1 aliphatic heterocycles. The Kier molecular flexibility index (Phi) is 6.91. The fraction of sp³-hybridized carbons (Fsp3) is 1.00. The van der Waals surface area contributed by atoms with E-state index in [1.807, 2.05) is 0 Å². The Balaban J connectivity index is 2.29. The monoisotopic (exact) mass is 232 g/mol. The highest BCUT2D eigenvalue weighted by Crippen LogP contribution is 2.05. The van der Waals surface area contributed by atoms with Crippen molar-refractivity contribution in [1.82, 2.24) is 9.80 Å². The van der Waals surface area contributed by atoms with Crippen LogP contribution in [0.15, 0.2) is 0 Å². The minimum atomic E-state index is -0.135. The van der Waals surface area contributed by atoms with Crippen LogP contribution in [-0.2, 0) is 9.47 Å². The van der Waals surface area contributed by atoms with Crippen molar-refractivity contribution < 1.29 is 14.6 Å². The SMILES string of the molecule is COC(CN1CCCN(CCO)CC1)OC. The zero-order valence-corrected chi connectivity index (χ0v) is 10.4. The lowest BCUT2D eigenvalue weighted by molar-refractivity contribution is -0.115. The topological polar surface area (TPSA) is 45.2 Å². The second kappa shape index (κ2) is 7.97. The standard InChI is InChI=1S/C11H24N2O3/c1-15-11(16-2)10-13-5-3-4-12(6-7-13)8-9-14/h11,14H,3-10H2,1-2H3. The van der Waals surface area contributed by atoms with E-state index in [4.69, 9.17) is 14.6 Å². The van der Waals surface area contributed by atoms with Gasteiger partial charge in [0.15, 0.2) is 6.29 Å². The van der Waals surface area contributed by atoms with Gasteiger partial charge in [0.05, 0.1) is 6.61 Å². The Morgan fingerprint density at radius 3 is 2.31 bits per heavy atom. The molecule has 96 valence electrons. The van der Waals surface area contributed by atoms with Gasteiger partial charge in [-0.3, -0.25) is 9.80 Å². The largest absolute Gasteiger partial charge is 0.395 e. The van der Waals surface area contributed by atoms with Gasteiger partial charge in [-0.05, 0) is 19.5 Å². The summed E-state index contributed by atoms with van der Waals surface area (Å²) < 4.78 is 10.4. The lowest BCUT2D eigenvalue weighted by Gasteiger charge is -2.24. The number of methoxy groups -OCH3 is 2. The minimum Gasteiger partial charge on any atom is -0.395 e. The molecule has 0 spiro atoms. The van der Waals surface area contributed by atoms with Gasteiger partial charge < -0.3 is 14.6 Å². The Morgan fingerprint density at radius 1 is 1.06 bits per heavy atom. The van der Waals surface area contributed by atoms with Gasteiger partial charge in [0.25, 0.3) is 0 Å². The highest BCUT2D eigenvalue weighted by atomic mass is 16.7. The highest BCUT2D eigenvalue weighted by Gasteiger charge is 2.17. The summed E-state index contributed by atoms with van der Waals surface area (Å²) in [6.07, 6.45) is 1.00. The zero-order chi connectivity index (χ0) is 11.8. The molecule has 0 atom stereocenters. The molecule has 16 heavy (non-hydrogen) atoms. The van der Waals surface area contributed by atoms with E-state index in [0.29, 0.717) is 0 Å². The number of ether oxygens (including phenoxy) is 2. The molecule has 1 saturated heterocycles. The van der Waals surface area contributed by atoms with Crippen molar-refractivity contribution in [3.8, 4) is 0 Å². The normalized spacial score (nSPS) is 20.2. The first kappa shape index (κ1) is 13.9. The first-order valence-electron chi connectivity index (χ1n) is 5.91. The predicted octanol–water partition coefficient (Wildman–Crippen LogP) is -0.395. The number of aliphatic hydroxyl groups is 1. The number of nitrogens with zero attached hydrogens (tertiary/aromatic N) is 2. The minimum absolute atomic E-state index is 0.135. The van der Waals surface area contributed by atoms with Crippen molar-refractivity contribution in [1.29, 1.82) is 0 Å². The van der Waals surface area contributed by atoms with Crippen molar-refractivity contribution in [2.75, 3.05) is 60.1 Å². The maximum atomic E-state index is 8.90. The van der Waals surface area contributed by atoms with Gasteiger partial charge in [-0.15, -0.1) is 0 Å². The molecule has 0 aliphatic carbocycles. The van der Waals surface area contributed by atoms with Crippen molar-refractivity contribution in [3.05, 3.63) is 0 Å². The van der Waals surface area contributed by atoms with E-state index in [0.717, 1.165) is 45.7 Å². The highest BCUT2D eigenvalue weighted by molar-refractivity contribution is 4.70. The van der Waals surface area contributed by atoms with Gasteiger partial charge >= 0.3 is 0 Å². The molecule has 5 heteroatoms. The molecule has 0 bridgehead atoms. The maximum absolute atomic E-state index is 8.90. The smallest absolute Gasteiger partial charge is 0.169 e. The lowest BCUT2D eigenvalue weighted by Crippen LogP contribution is -2.37. The average Bonchev–Trinajstić information content (AvgIpc) is 2.52. The molecule has 0 saturated carbocycles. The first-order chi connectivity index (χ1) is 7.80. The lowest BCUT2D eigenvalue weighted by atomic mass is 10.4. The fourth-order valence-electron chi connectivity index (χ4n) is 2.03. The summed E-state index contributed by atoms with van der Waals surface area (Å²) in [5.41, 5.74) is 0. The van der Waals surface area contributed by atoms with E-state index in [-0.39, 0.29) is 12.9 Å². The van der Waals surface area contributed by atoms with E-state index >= 15 is 0 Å². The van der Waals surface area contributed by atoms with E-state index in [1.54, 1.807) is 14.2 Å². The van der Waals surface area contributed by atoms with Gasteiger partial charge in [-0.1, -0.05) is 0 Å². The summed E-state index contributed by atoms with van der Waals surface area (Å²) in [6.45, 7) is 6.03. The van der Waals surface area contributed by atoms with Gasteiger partial charge in [0.2, 0.25) is 0 Å². The Morgan fingerprint density at radius 2 is 1.69 bits per heavy atom. The number of hydrogen-bond donors (Lipinski definition) is 1. The number of hydrogen-bond acceptors (Lipinski definition) is 5. The molecule has 0 aromatic heterocycles. The number of rotatable bonds is 6. The van der Waals surface area contributed by atoms with Crippen LogP contribution in [0.3, 0.4) is 0 Å². The molecule has 1 N–H and O–H groups in total. The van der Waals surface area contributed by atoms with Gasteiger partial charge in [0, 0.05) is 40.4 Å². The van der Waals surface area contributed by atoms with Crippen LogP contribution in [-0.4, -0.2) is 81.3 Å². The molecule has 0 amide bonds. The zero-order valence-electron chi connectivity index (χ0n) is 10.4. The van der Waals surface area contributed by atoms with Crippen LogP contribution in [0, 0.1) is 0 Å². The van der Waals surface area contributed by atoms with Crippen LogP contribution in [0.2, 0.25) is 0 Å². The van der Waals surface area contributed by atoms with Crippen molar-refractivity contribution in [2.45, 2.75) is 12.7 Å². The molecular weight excluding hydrogens is 208 g/mol. The van der Waals surface area contributed by atoms with Crippen LogP contribution < -0.4 is 0 Å². The Bertz CT molecular complexity index is 177. The molecule has 0 aromatic rings. The molecule has 1 heterocycles. The maximum Gasteiger partial charge on any atom is 0.169 e. The molecule has 0 unspecified atom stereocenters. The first-order valence-corrected chi connectivity index (χ1v) is 5.91. The molecular formula is C11H24N2O3. The molecule has 1 fully saturated rings. The summed E-state index contributed by atoms with van der Waals surface area (Å²) in [5, 5.41) is 8.90. The van der Waals surface area contributed by atoms with Crippen molar-refractivity contribution in [2.24, 2.45) is 0 Å². The Hall–Kier alpha value is -0.200. The van der Waals surface area contributed by atoms with Crippen LogP contribution >= 0.6 is 0 Å². The summed E-state index contributed by atoms with van der Waals surface area (Å²) >= 11 is 0. The molecule has 1 aliphatic rings. The quantitative estimate of drug-likeness (QED) is 0.632. The molecule has 5 nitrogen and oxygen atoms in total. The van der Waals surface area contributed by atoms with Gasteiger partial charge in [0.1, 0.15) is 0 Å². The second-order valence-corrected chi connectivity index (χ2v) is 4.12. The average molecular weight is 232 g/mol. The molecule has 0 aromatic carbocycles.